The van der Waals surface area contributed by atoms with Crippen molar-refractivity contribution in [3.8, 4) is 0 Å². The van der Waals surface area contributed by atoms with Crippen LogP contribution >= 0.6 is 0 Å². The van der Waals surface area contributed by atoms with E-state index < -0.39 is 5.54 Å². The molecule has 1 N–H and O–H groups in total. The molecule has 1 aliphatic heterocycles. The van der Waals surface area contributed by atoms with Crippen molar-refractivity contribution < 1.29 is 14.1 Å². The Morgan fingerprint density at radius 1 is 1.37 bits per heavy atom. The molecule has 7 nitrogen and oxygen atoms in total. The first kappa shape index (κ1) is 19.1. The summed E-state index contributed by atoms with van der Waals surface area (Å²) in [7, 11) is 0. The van der Waals surface area contributed by atoms with Crippen LogP contribution < -0.4 is 10.2 Å². The maximum Gasteiger partial charge on any atom is 0.232 e. The van der Waals surface area contributed by atoms with Gasteiger partial charge in [-0.2, -0.15) is 4.98 Å². The van der Waals surface area contributed by atoms with Crippen LogP contribution in [0, 0.1) is 0 Å². The zero-order valence-corrected chi connectivity index (χ0v) is 16.4. The van der Waals surface area contributed by atoms with Crippen LogP contribution in [-0.4, -0.2) is 28.5 Å². The Balaban J connectivity index is 1.78. The van der Waals surface area contributed by atoms with Crippen LogP contribution in [0.4, 0.5) is 5.69 Å². The molecule has 0 bridgehead atoms. The van der Waals surface area contributed by atoms with Gasteiger partial charge in [0.25, 0.3) is 0 Å². The zero-order chi connectivity index (χ0) is 19.8. The van der Waals surface area contributed by atoms with Crippen LogP contribution in [-0.2, 0) is 15.1 Å². The minimum atomic E-state index is -0.735. The first-order valence-corrected chi connectivity index (χ1v) is 9.20. The molecule has 0 unspecified atom stereocenters. The van der Waals surface area contributed by atoms with Crippen molar-refractivity contribution in [2.45, 2.75) is 58.4 Å². The third-order valence-corrected chi connectivity index (χ3v) is 4.81. The molecule has 1 fully saturated rings. The van der Waals surface area contributed by atoms with E-state index in [1.807, 2.05) is 26.0 Å². The predicted octanol–water partition coefficient (Wildman–Crippen LogP) is 3.08. The van der Waals surface area contributed by atoms with Crippen LogP contribution in [0.1, 0.15) is 70.2 Å². The summed E-state index contributed by atoms with van der Waals surface area (Å²) in [5.74, 6) is 0.947. The minimum absolute atomic E-state index is 0.0433. The lowest BCUT2D eigenvalue weighted by molar-refractivity contribution is -0.120. The minimum Gasteiger partial charge on any atom is -0.344 e. The smallest absolute Gasteiger partial charge is 0.232 e. The van der Waals surface area contributed by atoms with Gasteiger partial charge in [0.1, 0.15) is 0 Å². The molecular weight excluding hydrogens is 344 g/mol. The summed E-state index contributed by atoms with van der Waals surface area (Å²) in [6, 6.07) is 8.06. The van der Waals surface area contributed by atoms with E-state index in [4.69, 9.17) is 4.52 Å². The second-order valence-corrected chi connectivity index (χ2v) is 7.92. The highest BCUT2D eigenvalue weighted by molar-refractivity contribution is 5.96. The number of anilines is 1. The fourth-order valence-corrected chi connectivity index (χ4v) is 3.33. The highest BCUT2D eigenvalue weighted by Crippen LogP contribution is 2.33. The molecule has 0 radical (unpaired) electrons. The molecular formula is C20H26N4O3. The molecule has 1 aromatic heterocycles. The summed E-state index contributed by atoms with van der Waals surface area (Å²) < 4.78 is 5.42. The molecule has 27 heavy (non-hydrogen) atoms. The average Bonchev–Trinajstić information content (AvgIpc) is 3.21. The van der Waals surface area contributed by atoms with Crippen molar-refractivity contribution in [3.63, 3.8) is 0 Å². The zero-order valence-electron chi connectivity index (χ0n) is 16.4. The Kier molecular flexibility index (Phi) is 5.04. The molecule has 7 heteroatoms. The molecule has 2 heterocycles. The van der Waals surface area contributed by atoms with Gasteiger partial charge in [-0.25, -0.2) is 0 Å². The number of nitrogens with one attached hydrogen (secondary N) is 1. The number of carbonyl (C=O) groups is 2. The lowest BCUT2D eigenvalue weighted by Gasteiger charge is -2.21. The fraction of sp³-hybridized carbons (Fsp3) is 0.500. The van der Waals surface area contributed by atoms with Crippen molar-refractivity contribution in [1.82, 2.24) is 15.5 Å². The lowest BCUT2D eigenvalue weighted by atomic mass is 10.0. The van der Waals surface area contributed by atoms with Gasteiger partial charge < -0.3 is 14.7 Å². The third-order valence-electron chi connectivity index (χ3n) is 4.81. The Morgan fingerprint density at radius 2 is 2.11 bits per heavy atom. The quantitative estimate of drug-likeness (QED) is 0.874. The van der Waals surface area contributed by atoms with E-state index in [0.717, 1.165) is 5.69 Å². The first-order valence-electron chi connectivity index (χ1n) is 9.20. The number of carbonyl (C=O) groups excluding carboxylic acids is 2. The fourth-order valence-electron chi connectivity index (χ4n) is 3.33. The Morgan fingerprint density at radius 3 is 2.78 bits per heavy atom. The summed E-state index contributed by atoms with van der Waals surface area (Å²) in [5, 5.41) is 6.81. The number of rotatable bonds is 5. The Labute approximate surface area is 159 Å². The molecule has 0 spiro atoms. The molecule has 0 saturated carbocycles. The molecule has 1 aromatic carbocycles. The lowest BCUT2D eigenvalue weighted by Crippen LogP contribution is -2.40. The number of benzene rings is 1. The van der Waals surface area contributed by atoms with E-state index in [-0.39, 0.29) is 17.7 Å². The van der Waals surface area contributed by atoms with Crippen molar-refractivity contribution in [2.75, 3.05) is 11.4 Å². The van der Waals surface area contributed by atoms with Crippen LogP contribution in [0.2, 0.25) is 0 Å². The maximum atomic E-state index is 12.6. The third kappa shape index (κ3) is 4.02. The summed E-state index contributed by atoms with van der Waals surface area (Å²) >= 11 is 0. The van der Waals surface area contributed by atoms with Gasteiger partial charge in [-0.15, -0.1) is 0 Å². The maximum absolute atomic E-state index is 12.6. The van der Waals surface area contributed by atoms with Gasteiger partial charge >= 0.3 is 0 Å². The van der Waals surface area contributed by atoms with Gasteiger partial charge in [0.2, 0.25) is 17.7 Å². The second kappa shape index (κ2) is 7.13. The van der Waals surface area contributed by atoms with E-state index in [0.29, 0.717) is 30.6 Å². The summed E-state index contributed by atoms with van der Waals surface area (Å²) in [6.45, 7) is 9.83. The van der Waals surface area contributed by atoms with E-state index >= 15 is 0 Å². The molecule has 1 atom stereocenters. The van der Waals surface area contributed by atoms with Gasteiger partial charge in [-0.05, 0) is 37.5 Å². The number of hydrogen-bond acceptors (Lipinski definition) is 5. The molecule has 3 rings (SSSR count). The van der Waals surface area contributed by atoms with Gasteiger partial charge in [-0.1, -0.05) is 31.1 Å². The molecule has 2 aromatic rings. The summed E-state index contributed by atoms with van der Waals surface area (Å²) in [6.07, 6.45) is 0.327. The van der Waals surface area contributed by atoms with Gasteiger partial charge in [-0.3, -0.25) is 9.59 Å². The van der Waals surface area contributed by atoms with E-state index in [1.54, 1.807) is 4.90 Å². The van der Waals surface area contributed by atoms with Crippen LogP contribution in [0.25, 0.3) is 0 Å². The largest absolute Gasteiger partial charge is 0.344 e. The Bertz CT molecular complexity index is 856. The predicted molar refractivity (Wildman–Crippen MR) is 101 cm³/mol. The average molecular weight is 370 g/mol. The van der Waals surface area contributed by atoms with Crippen LogP contribution in [0.15, 0.2) is 28.8 Å². The second-order valence-electron chi connectivity index (χ2n) is 7.92. The van der Waals surface area contributed by atoms with Crippen molar-refractivity contribution in [1.29, 1.82) is 0 Å². The van der Waals surface area contributed by atoms with Crippen LogP contribution in [0.5, 0.6) is 0 Å². The normalized spacial score (nSPS) is 17.6. The number of hydrogen-bond donors (Lipinski definition) is 1. The highest BCUT2D eigenvalue weighted by Gasteiger charge is 2.37. The van der Waals surface area contributed by atoms with E-state index in [1.165, 1.54) is 12.5 Å². The molecule has 2 amide bonds. The molecule has 1 aliphatic rings. The van der Waals surface area contributed by atoms with Crippen molar-refractivity contribution >= 4 is 17.5 Å². The summed E-state index contributed by atoms with van der Waals surface area (Å²) in [4.78, 5) is 30.2. The first-order chi connectivity index (χ1) is 12.7. The van der Waals surface area contributed by atoms with Gasteiger partial charge in [0.15, 0.2) is 5.82 Å². The van der Waals surface area contributed by atoms with Crippen molar-refractivity contribution in [3.05, 3.63) is 41.5 Å². The SMILES string of the molecule is CC(=O)NC(C)(C)c1noc([C@H]2CC(=O)N(c3cccc(C(C)C)c3)C2)n1. The van der Waals surface area contributed by atoms with Gasteiger partial charge in [0, 0.05) is 25.6 Å². The monoisotopic (exact) mass is 370 g/mol. The van der Waals surface area contributed by atoms with E-state index in [9.17, 15) is 9.59 Å². The number of aromatic nitrogens is 2. The molecule has 1 saturated heterocycles. The highest BCUT2D eigenvalue weighted by atomic mass is 16.5. The van der Waals surface area contributed by atoms with Gasteiger partial charge in [0.05, 0.1) is 11.5 Å². The van der Waals surface area contributed by atoms with E-state index in [2.05, 4.69) is 41.4 Å². The van der Waals surface area contributed by atoms with Crippen LogP contribution in [0.3, 0.4) is 0 Å². The summed E-state index contributed by atoms with van der Waals surface area (Å²) in [5.41, 5.74) is 1.36. The Hall–Kier alpha value is -2.70. The van der Waals surface area contributed by atoms with Crippen molar-refractivity contribution in [2.24, 2.45) is 0 Å². The molecule has 0 aliphatic carbocycles. The number of nitrogens with zero attached hydrogens (tertiary/aromatic N) is 3. The topological polar surface area (TPSA) is 88.3 Å². The number of amides is 2. The standard InChI is InChI=1S/C20H26N4O3/c1-12(2)14-7-6-8-16(9-14)24-11-15(10-17(24)26)18-21-19(23-27-18)20(4,5)22-13(3)25/h6-9,12,15H,10-11H2,1-5H3,(H,22,25)/t15-/m0/s1. The molecule has 144 valence electrons.